The normalized spacial score (nSPS) is 11.6. The molecular weight excluding hydrogens is 359 g/mol. The van der Waals surface area contributed by atoms with Gasteiger partial charge in [0.15, 0.2) is 5.65 Å². The Kier molecular flexibility index (Phi) is 3.99. The van der Waals surface area contributed by atoms with Crippen LogP contribution in [-0.4, -0.2) is 26.4 Å². The van der Waals surface area contributed by atoms with Crippen LogP contribution in [0, 0.1) is 6.92 Å². The smallest absolute Gasteiger partial charge is 0.265 e. The molecule has 0 unspecified atom stereocenters. The minimum absolute atomic E-state index is 0.290. The minimum atomic E-state index is 0.290. The Morgan fingerprint density at radius 1 is 1.16 bits per heavy atom. The molecule has 0 saturated heterocycles. The van der Waals surface area contributed by atoms with E-state index in [1.807, 2.05) is 25.1 Å². The van der Waals surface area contributed by atoms with Gasteiger partial charge in [0.2, 0.25) is 0 Å². The number of aryl methyl sites for hydroxylation is 1. The topological polar surface area (TPSA) is 78.9 Å². The summed E-state index contributed by atoms with van der Waals surface area (Å²) in [5, 5.41) is 14.5. The zero-order valence-corrected chi connectivity index (χ0v) is 14.6. The highest BCUT2D eigenvalue weighted by molar-refractivity contribution is 6.36. The maximum absolute atomic E-state index is 6.10. The quantitative estimate of drug-likeness (QED) is 0.409. The summed E-state index contributed by atoms with van der Waals surface area (Å²) in [4.78, 5) is 7.68. The van der Waals surface area contributed by atoms with E-state index in [1.165, 1.54) is 0 Å². The van der Waals surface area contributed by atoms with Gasteiger partial charge in [-0.15, -0.1) is 10.2 Å². The molecule has 0 bridgehead atoms. The number of nitrogens with zero attached hydrogens (tertiary/aromatic N) is 4. The number of rotatable bonds is 3. The van der Waals surface area contributed by atoms with E-state index in [9.17, 15) is 0 Å². The Morgan fingerprint density at radius 3 is 2.88 bits per heavy atom. The molecule has 0 fully saturated rings. The molecule has 124 valence electrons. The number of benzene rings is 2. The van der Waals surface area contributed by atoms with Gasteiger partial charge in [0.25, 0.3) is 5.95 Å². The SMILES string of the molecule is Cc1cccc2c1[nH]c1nc(N/N=C\c3ccc(Cl)cc3Cl)nnc12. The largest absolute Gasteiger partial charge is 0.337 e. The zero-order valence-electron chi connectivity index (χ0n) is 13.1. The first-order chi connectivity index (χ1) is 12.1. The number of H-pyrrole nitrogens is 1. The lowest BCUT2D eigenvalue weighted by molar-refractivity contribution is 1.01. The van der Waals surface area contributed by atoms with Crippen molar-refractivity contribution < 1.29 is 0 Å². The third kappa shape index (κ3) is 3.01. The fourth-order valence-electron chi connectivity index (χ4n) is 2.56. The molecule has 2 heterocycles. The first kappa shape index (κ1) is 15.8. The van der Waals surface area contributed by atoms with E-state index in [0.717, 1.165) is 27.5 Å². The third-order valence-electron chi connectivity index (χ3n) is 3.79. The summed E-state index contributed by atoms with van der Waals surface area (Å²) < 4.78 is 0. The maximum atomic E-state index is 6.10. The van der Waals surface area contributed by atoms with Gasteiger partial charge >= 0.3 is 0 Å². The molecule has 4 rings (SSSR count). The molecule has 0 aliphatic carbocycles. The van der Waals surface area contributed by atoms with Gasteiger partial charge in [0.05, 0.1) is 16.8 Å². The Balaban J connectivity index is 1.62. The molecule has 2 aromatic carbocycles. The van der Waals surface area contributed by atoms with Crippen molar-refractivity contribution in [2.75, 3.05) is 5.43 Å². The molecule has 25 heavy (non-hydrogen) atoms. The number of hydrogen-bond donors (Lipinski definition) is 2. The molecule has 0 aliphatic heterocycles. The Morgan fingerprint density at radius 2 is 2.04 bits per heavy atom. The molecule has 0 saturated carbocycles. The number of halogens is 2. The number of hydrazone groups is 1. The first-order valence-corrected chi connectivity index (χ1v) is 8.23. The third-order valence-corrected chi connectivity index (χ3v) is 4.35. The van der Waals surface area contributed by atoms with Gasteiger partial charge < -0.3 is 4.98 Å². The van der Waals surface area contributed by atoms with Crippen LogP contribution in [0.3, 0.4) is 0 Å². The molecule has 0 aliphatic rings. The number of aromatic nitrogens is 4. The van der Waals surface area contributed by atoms with Crippen LogP contribution in [0.5, 0.6) is 0 Å². The van der Waals surface area contributed by atoms with E-state index in [4.69, 9.17) is 23.2 Å². The molecule has 0 amide bonds. The highest BCUT2D eigenvalue weighted by Gasteiger charge is 2.10. The van der Waals surface area contributed by atoms with E-state index in [2.05, 4.69) is 30.7 Å². The molecule has 6 nitrogen and oxygen atoms in total. The molecule has 0 spiro atoms. The molecule has 0 radical (unpaired) electrons. The van der Waals surface area contributed by atoms with Crippen molar-refractivity contribution in [3.8, 4) is 0 Å². The van der Waals surface area contributed by atoms with Crippen LogP contribution < -0.4 is 5.43 Å². The second-order valence-corrected chi connectivity index (χ2v) is 6.33. The molecule has 4 aromatic rings. The highest BCUT2D eigenvalue weighted by Crippen LogP contribution is 2.24. The Hall–Kier alpha value is -2.70. The van der Waals surface area contributed by atoms with Gasteiger partial charge in [-0.3, -0.25) is 0 Å². The zero-order chi connectivity index (χ0) is 17.4. The van der Waals surface area contributed by atoms with Crippen molar-refractivity contribution in [3.05, 3.63) is 57.6 Å². The van der Waals surface area contributed by atoms with Crippen molar-refractivity contribution in [3.63, 3.8) is 0 Å². The van der Waals surface area contributed by atoms with Crippen molar-refractivity contribution >= 4 is 57.4 Å². The number of fused-ring (bicyclic) bond motifs is 3. The number of nitrogens with one attached hydrogen (secondary N) is 2. The van der Waals surface area contributed by atoms with E-state index < -0.39 is 0 Å². The van der Waals surface area contributed by atoms with Gasteiger partial charge in [-0.1, -0.05) is 47.5 Å². The van der Waals surface area contributed by atoms with Crippen LogP contribution in [-0.2, 0) is 0 Å². The average Bonchev–Trinajstić information content (AvgIpc) is 2.96. The van der Waals surface area contributed by atoms with Crippen LogP contribution in [0.2, 0.25) is 10.0 Å². The van der Waals surface area contributed by atoms with E-state index >= 15 is 0 Å². The number of aromatic amines is 1. The highest BCUT2D eigenvalue weighted by atomic mass is 35.5. The monoisotopic (exact) mass is 370 g/mol. The Bertz CT molecular complexity index is 1120. The fourth-order valence-corrected chi connectivity index (χ4v) is 3.01. The molecule has 2 N–H and O–H groups in total. The first-order valence-electron chi connectivity index (χ1n) is 7.47. The van der Waals surface area contributed by atoms with Crippen LogP contribution in [0.1, 0.15) is 11.1 Å². The van der Waals surface area contributed by atoms with Gasteiger partial charge in [-0.2, -0.15) is 10.1 Å². The average molecular weight is 371 g/mol. The number of anilines is 1. The predicted octanol–water partition coefficient (Wildman–Crippen LogP) is 4.57. The van der Waals surface area contributed by atoms with Gasteiger partial charge in [-0.25, -0.2) is 5.43 Å². The maximum Gasteiger partial charge on any atom is 0.265 e. The molecule has 8 heteroatoms. The van der Waals surface area contributed by atoms with Crippen LogP contribution >= 0.6 is 23.2 Å². The molecule has 0 atom stereocenters. The summed E-state index contributed by atoms with van der Waals surface area (Å²) in [5.41, 5.74) is 7.01. The van der Waals surface area contributed by atoms with E-state index in [-0.39, 0.29) is 5.95 Å². The summed E-state index contributed by atoms with van der Waals surface area (Å²) >= 11 is 12.0. The lowest BCUT2D eigenvalue weighted by Crippen LogP contribution is -1.99. The van der Waals surface area contributed by atoms with Gasteiger partial charge in [0.1, 0.15) is 5.52 Å². The lowest BCUT2D eigenvalue weighted by Gasteiger charge is -1.99. The summed E-state index contributed by atoms with van der Waals surface area (Å²) in [6.45, 7) is 2.03. The van der Waals surface area contributed by atoms with Crippen LogP contribution in [0.15, 0.2) is 41.5 Å². The second kappa shape index (κ2) is 6.31. The summed E-state index contributed by atoms with van der Waals surface area (Å²) in [5.74, 6) is 0.290. The minimum Gasteiger partial charge on any atom is -0.337 e. The van der Waals surface area contributed by atoms with Crippen molar-refractivity contribution in [2.24, 2.45) is 5.10 Å². The predicted molar refractivity (Wildman–Crippen MR) is 102 cm³/mol. The van der Waals surface area contributed by atoms with Crippen molar-refractivity contribution in [1.29, 1.82) is 0 Å². The molecule has 2 aromatic heterocycles. The summed E-state index contributed by atoms with van der Waals surface area (Å²) in [7, 11) is 0. The van der Waals surface area contributed by atoms with E-state index in [1.54, 1.807) is 24.4 Å². The summed E-state index contributed by atoms with van der Waals surface area (Å²) in [6.07, 6.45) is 1.57. The van der Waals surface area contributed by atoms with Crippen molar-refractivity contribution in [2.45, 2.75) is 6.92 Å². The van der Waals surface area contributed by atoms with Gasteiger partial charge in [0, 0.05) is 16.0 Å². The van der Waals surface area contributed by atoms with Crippen LogP contribution in [0.25, 0.3) is 22.1 Å². The van der Waals surface area contributed by atoms with E-state index in [0.29, 0.717) is 15.7 Å². The number of hydrogen-bond acceptors (Lipinski definition) is 5. The standard InChI is InChI=1S/C17H12Cl2N6/c1-9-3-2-4-12-14(9)21-16-15(12)23-25-17(22-16)24-20-8-10-5-6-11(18)7-13(10)19/h2-8H,1H3,(H2,21,22,24,25)/b20-8-. The molecular formula is C17H12Cl2N6. The lowest BCUT2D eigenvalue weighted by atomic mass is 10.1. The Labute approximate surface area is 152 Å². The van der Waals surface area contributed by atoms with Gasteiger partial charge in [-0.05, 0) is 24.6 Å². The van der Waals surface area contributed by atoms with Crippen molar-refractivity contribution in [1.82, 2.24) is 20.2 Å². The fraction of sp³-hybridized carbons (Fsp3) is 0.0588. The summed E-state index contributed by atoms with van der Waals surface area (Å²) in [6, 6.07) is 11.2. The number of para-hydroxylation sites is 1. The second-order valence-electron chi connectivity index (χ2n) is 5.49. The van der Waals surface area contributed by atoms with Crippen LogP contribution in [0.4, 0.5) is 5.95 Å².